The van der Waals surface area contributed by atoms with Gasteiger partial charge in [-0.15, -0.1) is 0 Å². The monoisotopic (exact) mass is 267 g/mol. The lowest BCUT2D eigenvalue weighted by atomic mass is 9.71. The zero-order valence-corrected chi connectivity index (χ0v) is 12.7. The topological polar surface area (TPSA) is 40.5 Å². The number of carbonyl (C=O) groups is 1. The summed E-state index contributed by atoms with van der Waals surface area (Å²) < 4.78 is 0. The normalized spacial score (nSPS) is 37.1. The molecule has 2 rings (SSSR count). The summed E-state index contributed by atoms with van der Waals surface area (Å²) >= 11 is 0. The summed E-state index contributed by atoms with van der Waals surface area (Å²) in [5, 5.41) is 10.1. The first-order valence-electron chi connectivity index (χ1n) is 7.79. The molecule has 110 valence electrons. The summed E-state index contributed by atoms with van der Waals surface area (Å²) in [4.78, 5) is 14.9. The number of nitrogens with zero attached hydrogens (tertiary/aromatic N) is 1. The van der Waals surface area contributed by atoms with E-state index in [9.17, 15) is 9.90 Å². The fourth-order valence-electron chi connectivity index (χ4n) is 3.59. The summed E-state index contributed by atoms with van der Waals surface area (Å²) in [5.74, 6) is 0.668. The van der Waals surface area contributed by atoms with E-state index in [1.165, 1.54) is 6.42 Å². The molecule has 1 heterocycles. The molecule has 0 radical (unpaired) electrons. The molecular weight excluding hydrogens is 238 g/mol. The standard InChI is InChI=1S/C16H29NO2/c1-15(2)7-4-6-13(14(15)18)12-17-10-5-8-16(3,19)9-11-17/h13,19H,4-12H2,1-3H3. The lowest BCUT2D eigenvalue weighted by molar-refractivity contribution is -0.135. The highest BCUT2D eigenvalue weighted by molar-refractivity contribution is 5.87. The number of hydrogen-bond donors (Lipinski definition) is 1. The first-order chi connectivity index (χ1) is 8.80. The third kappa shape index (κ3) is 3.79. The molecule has 0 amide bonds. The molecule has 1 saturated heterocycles. The second-order valence-corrected chi connectivity index (χ2v) is 7.49. The van der Waals surface area contributed by atoms with Gasteiger partial charge in [0.2, 0.25) is 0 Å². The Morgan fingerprint density at radius 1 is 1.16 bits per heavy atom. The van der Waals surface area contributed by atoms with Gasteiger partial charge in [-0.2, -0.15) is 0 Å². The average molecular weight is 267 g/mol. The van der Waals surface area contributed by atoms with Crippen molar-refractivity contribution < 1.29 is 9.90 Å². The van der Waals surface area contributed by atoms with Gasteiger partial charge in [0.1, 0.15) is 5.78 Å². The van der Waals surface area contributed by atoms with Crippen LogP contribution in [0.3, 0.4) is 0 Å². The van der Waals surface area contributed by atoms with Crippen molar-refractivity contribution in [1.82, 2.24) is 4.90 Å². The van der Waals surface area contributed by atoms with Crippen LogP contribution in [-0.2, 0) is 4.79 Å². The van der Waals surface area contributed by atoms with Crippen LogP contribution in [0.2, 0.25) is 0 Å². The van der Waals surface area contributed by atoms with Crippen molar-refractivity contribution in [2.75, 3.05) is 19.6 Å². The van der Waals surface area contributed by atoms with Crippen molar-refractivity contribution in [3.8, 4) is 0 Å². The predicted octanol–water partition coefficient (Wildman–Crippen LogP) is 2.62. The highest BCUT2D eigenvalue weighted by atomic mass is 16.3. The maximum absolute atomic E-state index is 12.5. The minimum absolute atomic E-state index is 0.125. The molecule has 1 saturated carbocycles. The molecule has 0 spiro atoms. The third-order valence-electron chi connectivity index (χ3n) is 5.03. The number of likely N-dealkylation sites (tertiary alicyclic amines) is 1. The van der Waals surface area contributed by atoms with Crippen LogP contribution in [0.5, 0.6) is 0 Å². The molecule has 2 atom stereocenters. The van der Waals surface area contributed by atoms with Gasteiger partial charge >= 0.3 is 0 Å². The van der Waals surface area contributed by atoms with E-state index >= 15 is 0 Å². The van der Waals surface area contributed by atoms with Crippen molar-refractivity contribution in [3.63, 3.8) is 0 Å². The van der Waals surface area contributed by atoms with E-state index < -0.39 is 5.60 Å². The number of rotatable bonds is 2. The van der Waals surface area contributed by atoms with Crippen LogP contribution < -0.4 is 0 Å². The maximum atomic E-state index is 12.5. The first kappa shape index (κ1) is 15.0. The molecule has 1 aliphatic carbocycles. The maximum Gasteiger partial charge on any atom is 0.142 e. The minimum atomic E-state index is -0.509. The smallest absolute Gasteiger partial charge is 0.142 e. The van der Waals surface area contributed by atoms with Gasteiger partial charge in [0, 0.05) is 24.4 Å². The second-order valence-electron chi connectivity index (χ2n) is 7.49. The van der Waals surface area contributed by atoms with Crippen molar-refractivity contribution >= 4 is 5.78 Å². The summed E-state index contributed by atoms with van der Waals surface area (Å²) in [6.45, 7) is 8.98. The fraction of sp³-hybridized carbons (Fsp3) is 0.938. The zero-order chi connectivity index (χ0) is 14.1. The Kier molecular flexibility index (Phi) is 4.36. The highest BCUT2D eigenvalue weighted by Crippen LogP contribution is 2.36. The SMILES string of the molecule is CC1(O)CCCN(CC2CCCC(C)(C)C2=O)CC1. The first-order valence-corrected chi connectivity index (χ1v) is 7.79. The van der Waals surface area contributed by atoms with Crippen LogP contribution in [0.15, 0.2) is 0 Å². The molecule has 0 aromatic rings. The van der Waals surface area contributed by atoms with Gasteiger partial charge in [0.15, 0.2) is 0 Å². The number of Topliss-reactive ketones (excluding diaryl/α,β-unsaturated/α-hetero) is 1. The molecule has 2 fully saturated rings. The van der Waals surface area contributed by atoms with Crippen molar-refractivity contribution in [2.45, 2.75) is 64.9 Å². The van der Waals surface area contributed by atoms with Gasteiger partial charge in [-0.25, -0.2) is 0 Å². The van der Waals surface area contributed by atoms with E-state index in [2.05, 4.69) is 18.7 Å². The van der Waals surface area contributed by atoms with Crippen LogP contribution in [0.1, 0.15) is 59.3 Å². The van der Waals surface area contributed by atoms with Crippen molar-refractivity contribution in [1.29, 1.82) is 0 Å². The Labute approximate surface area is 117 Å². The van der Waals surface area contributed by atoms with Crippen LogP contribution in [0.4, 0.5) is 0 Å². The summed E-state index contributed by atoms with van der Waals surface area (Å²) in [5.41, 5.74) is -0.634. The Morgan fingerprint density at radius 3 is 2.63 bits per heavy atom. The number of hydrogen-bond acceptors (Lipinski definition) is 3. The van der Waals surface area contributed by atoms with Crippen LogP contribution >= 0.6 is 0 Å². The van der Waals surface area contributed by atoms with E-state index in [0.29, 0.717) is 5.78 Å². The van der Waals surface area contributed by atoms with E-state index in [4.69, 9.17) is 0 Å². The van der Waals surface area contributed by atoms with Crippen LogP contribution in [0, 0.1) is 11.3 Å². The summed E-state index contributed by atoms with van der Waals surface area (Å²) in [6, 6.07) is 0. The molecule has 1 aliphatic heterocycles. The number of aliphatic hydroxyl groups is 1. The lowest BCUT2D eigenvalue weighted by Gasteiger charge is -2.36. The Morgan fingerprint density at radius 2 is 1.89 bits per heavy atom. The Hall–Kier alpha value is -0.410. The molecule has 3 nitrogen and oxygen atoms in total. The molecular formula is C16H29NO2. The molecule has 1 N–H and O–H groups in total. The molecule has 0 aromatic heterocycles. The van der Waals surface area contributed by atoms with Crippen molar-refractivity contribution in [3.05, 3.63) is 0 Å². The fourth-order valence-corrected chi connectivity index (χ4v) is 3.59. The zero-order valence-electron chi connectivity index (χ0n) is 12.7. The second kappa shape index (κ2) is 5.53. The number of ketones is 1. The third-order valence-corrected chi connectivity index (χ3v) is 5.03. The van der Waals surface area contributed by atoms with Crippen molar-refractivity contribution in [2.24, 2.45) is 11.3 Å². The molecule has 0 bridgehead atoms. The van der Waals surface area contributed by atoms with Gasteiger partial charge in [0.05, 0.1) is 5.60 Å². The summed E-state index contributed by atoms with van der Waals surface area (Å²) in [6.07, 6.45) is 6.02. The minimum Gasteiger partial charge on any atom is -0.390 e. The number of carbonyl (C=O) groups excluding carboxylic acids is 1. The molecule has 19 heavy (non-hydrogen) atoms. The molecule has 3 heteroatoms. The van der Waals surface area contributed by atoms with E-state index in [0.717, 1.165) is 51.7 Å². The Bertz CT molecular complexity index is 336. The average Bonchev–Trinajstić information content (AvgIpc) is 2.47. The molecule has 2 unspecified atom stereocenters. The lowest BCUT2D eigenvalue weighted by Crippen LogP contribution is -2.42. The Balaban J connectivity index is 1.92. The van der Waals surface area contributed by atoms with Gasteiger partial charge < -0.3 is 10.0 Å². The predicted molar refractivity (Wildman–Crippen MR) is 77.0 cm³/mol. The summed E-state index contributed by atoms with van der Waals surface area (Å²) in [7, 11) is 0. The van der Waals surface area contributed by atoms with Gasteiger partial charge in [-0.3, -0.25) is 4.79 Å². The van der Waals surface area contributed by atoms with Gasteiger partial charge in [-0.1, -0.05) is 20.3 Å². The van der Waals surface area contributed by atoms with Gasteiger partial charge in [0.25, 0.3) is 0 Å². The highest BCUT2D eigenvalue weighted by Gasteiger charge is 2.38. The van der Waals surface area contributed by atoms with Crippen LogP contribution in [-0.4, -0.2) is 41.0 Å². The van der Waals surface area contributed by atoms with E-state index in [-0.39, 0.29) is 11.3 Å². The van der Waals surface area contributed by atoms with E-state index in [1.54, 1.807) is 0 Å². The van der Waals surface area contributed by atoms with Gasteiger partial charge in [-0.05, 0) is 45.6 Å². The molecule has 0 aromatic carbocycles. The van der Waals surface area contributed by atoms with Crippen LogP contribution in [0.25, 0.3) is 0 Å². The van der Waals surface area contributed by atoms with E-state index in [1.807, 2.05) is 6.92 Å². The largest absolute Gasteiger partial charge is 0.390 e. The quantitative estimate of drug-likeness (QED) is 0.836. The molecule has 2 aliphatic rings.